The van der Waals surface area contributed by atoms with E-state index in [4.69, 9.17) is 4.74 Å². The Hall–Kier alpha value is -2.05. The molecule has 4 nitrogen and oxygen atoms in total. The SMILES string of the molecule is COc1ccc(CN2CCC(NC(=O)C(C)CSc3ccccc3)CC2)cc1F. The van der Waals surface area contributed by atoms with E-state index in [1.54, 1.807) is 23.9 Å². The highest BCUT2D eigenvalue weighted by atomic mass is 32.2. The Kier molecular flexibility index (Phi) is 7.95. The van der Waals surface area contributed by atoms with Gasteiger partial charge in [-0.15, -0.1) is 11.8 Å². The molecule has 1 N–H and O–H groups in total. The lowest BCUT2D eigenvalue weighted by molar-refractivity contribution is -0.124. The van der Waals surface area contributed by atoms with Gasteiger partial charge in [0.15, 0.2) is 11.6 Å². The number of nitrogens with one attached hydrogen (secondary N) is 1. The van der Waals surface area contributed by atoms with Crippen LogP contribution in [0.1, 0.15) is 25.3 Å². The molecule has 3 rings (SSSR count). The third-order valence-electron chi connectivity index (χ3n) is 5.25. The summed E-state index contributed by atoms with van der Waals surface area (Å²) in [5.41, 5.74) is 0.942. The van der Waals surface area contributed by atoms with Gasteiger partial charge in [0.2, 0.25) is 5.91 Å². The van der Waals surface area contributed by atoms with E-state index in [0.29, 0.717) is 6.54 Å². The molecule has 1 atom stereocenters. The van der Waals surface area contributed by atoms with Crippen molar-refractivity contribution in [2.45, 2.75) is 37.2 Å². The van der Waals surface area contributed by atoms with Gasteiger partial charge in [0.1, 0.15) is 0 Å². The summed E-state index contributed by atoms with van der Waals surface area (Å²) in [6, 6.07) is 15.5. The van der Waals surface area contributed by atoms with E-state index in [-0.39, 0.29) is 29.4 Å². The quantitative estimate of drug-likeness (QED) is 0.650. The number of rotatable bonds is 8. The van der Waals surface area contributed by atoms with Crippen LogP contribution in [0.15, 0.2) is 53.4 Å². The second-order valence-corrected chi connectivity index (χ2v) is 8.65. The molecule has 0 aromatic heterocycles. The third-order valence-corrected chi connectivity index (χ3v) is 6.52. The van der Waals surface area contributed by atoms with Crippen molar-refractivity contribution in [2.75, 3.05) is 26.0 Å². The highest BCUT2D eigenvalue weighted by Gasteiger charge is 2.23. The van der Waals surface area contributed by atoms with E-state index in [2.05, 4.69) is 22.3 Å². The van der Waals surface area contributed by atoms with E-state index >= 15 is 0 Å². The van der Waals surface area contributed by atoms with Gasteiger partial charge in [0.25, 0.3) is 0 Å². The number of ether oxygens (including phenoxy) is 1. The van der Waals surface area contributed by atoms with E-state index in [1.807, 2.05) is 31.2 Å². The number of thioether (sulfide) groups is 1. The Balaban J connectivity index is 1.39. The van der Waals surface area contributed by atoms with Gasteiger partial charge in [-0.2, -0.15) is 0 Å². The van der Waals surface area contributed by atoms with Crippen molar-refractivity contribution < 1.29 is 13.9 Å². The van der Waals surface area contributed by atoms with Gasteiger partial charge in [-0.05, 0) is 42.7 Å². The lowest BCUT2D eigenvalue weighted by Gasteiger charge is -2.33. The van der Waals surface area contributed by atoms with Crippen molar-refractivity contribution in [1.29, 1.82) is 0 Å². The maximum absolute atomic E-state index is 13.9. The van der Waals surface area contributed by atoms with Crippen molar-refractivity contribution in [1.82, 2.24) is 10.2 Å². The highest BCUT2D eigenvalue weighted by Crippen LogP contribution is 2.22. The minimum absolute atomic E-state index is 0.0273. The Bertz CT molecular complexity index is 795. The molecule has 1 aliphatic heterocycles. The number of benzene rings is 2. The van der Waals surface area contributed by atoms with Gasteiger partial charge in [-0.25, -0.2) is 4.39 Å². The molecule has 2 aromatic rings. The number of likely N-dealkylation sites (tertiary alicyclic amines) is 1. The zero-order chi connectivity index (χ0) is 20.6. The molecular weight excluding hydrogens is 387 g/mol. The van der Waals surface area contributed by atoms with Crippen LogP contribution < -0.4 is 10.1 Å². The molecule has 1 heterocycles. The zero-order valence-corrected chi connectivity index (χ0v) is 17.9. The number of hydrogen-bond acceptors (Lipinski definition) is 4. The van der Waals surface area contributed by atoms with Crippen LogP contribution in [-0.4, -0.2) is 42.8 Å². The van der Waals surface area contributed by atoms with Crippen LogP contribution in [0.2, 0.25) is 0 Å². The van der Waals surface area contributed by atoms with Crippen LogP contribution in [0.5, 0.6) is 5.75 Å². The molecule has 29 heavy (non-hydrogen) atoms. The number of nitrogens with zero attached hydrogens (tertiary/aromatic N) is 1. The Morgan fingerprint density at radius 2 is 1.97 bits per heavy atom. The number of methoxy groups -OCH3 is 1. The minimum Gasteiger partial charge on any atom is -0.494 e. The second kappa shape index (κ2) is 10.6. The number of carbonyl (C=O) groups excluding carboxylic acids is 1. The van der Waals surface area contributed by atoms with Crippen molar-refractivity contribution in [3.05, 3.63) is 59.9 Å². The van der Waals surface area contributed by atoms with E-state index in [1.165, 1.54) is 12.0 Å². The molecule has 0 spiro atoms. The summed E-state index contributed by atoms with van der Waals surface area (Å²) in [4.78, 5) is 16.0. The van der Waals surface area contributed by atoms with Crippen LogP contribution in [0.3, 0.4) is 0 Å². The molecule has 1 amide bonds. The fourth-order valence-electron chi connectivity index (χ4n) is 3.46. The average Bonchev–Trinajstić information content (AvgIpc) is 2.74. The molecule has 0 bridgehead atoms. The summed E-state index contributed by atoms with van der Waals surface area (Å²) in [6.45, 7) is 4.49. The summed E-state index contributed by atoms with van der Waals surface area (Å²) in [6.07, 6.45) is 1.84. The third kappa shape index (κ3) is 6.47. The monoisotopic (exact) mass is 416 g/mol. The van der Waals surface area contributed by atoms with Gasteiger partial charge in [-0.3, -0.25) is 9.69 Å². The van der Waals surface area contributed by atoms with Crippen molar-refractivity contribution >= 4 is 17.7 Å². The first kappa shape index (κ1) is 21.7. The van der Waals surface area contributed by atoms with Gasteiger partial charge < -0.3 is 10.1 Å². The van der Waals surface area contributed by atoms with Gasteiger partial charge in [0, 0.05) is 42.2 Å². The molecular formula is C23H29FN2O2S. The highest BCUT2D eigenvalue weighted by molar-refractivity contribution is 7.99. The smallest absolute Gasteiger partial charge is 0.223 e. The van der Waals surface area contributed by atoms with Crippen LogP contribution in [0.4, 0.5) is 4.39 Å². The van der Waals surface area contributed by atoms with Crippen LogP contribution in [0, 0.1) is 11.7 Å². The molecule has 1 aliphatic rings. The second-order valence-electron chi connectivity index (χ2n) is 7.55. The Morgan fingerprint density at radius 1 is 1.24 bits per heavy atom. The predicted molar refractivity (Wildman–Crippen MR) is 116 cm³/mol. The molecule has 1 unspecified atom stereocenters. The van der Waals surface area contributed by atoms with Crippen molar-refractivity contribution in [3.8, 4) is 5.75 Å². The number of amides is 1. The number of piperidine rings is 1. The normalized spacial score (nSPS) is 16.4. The number of hydrogen-bond donors (Lipinski definition) is 1. The maximum atomic E-state index is 13.9. The first-order valence-corrected chi connectivity index (χ1v) is 11.1. The van der Waals surface area contributed by atoms with Crippen LogP contribution in [-0.2, 0) is 11.3 Å². The lowest BCUT2D eigenvalue weighted by Crippen LogP contribution is -2.46. The van der Waals surface area contributed by atoms with E-state index in [9.17, 15) is 9.18 Å². The van der Waals surface area contributed by atoms with Crippen molar-refractivity contribution in [2.24, 2.45) is 5.92 Å². The van der Waals surface area contributed by atoms with Gasteiger partial charge in [-0.1, -0.05) is 31.2 Å². The molecule has 0 saturated carbocycles. The van der Waals surface area contributed by atoms with Gasteiger partial charge in [0.05, 0.1) is 7.11 Å². The number of halogens is 1. The number of carbonyl (C=O) groups is 1. The molecule has 0 radical (unpaired) electrons. The molecule has 0 aliphatic carbocycles. The standard InChI is InChI=1S/C23H29FN2O2S/c1-17(16-29-20-6-4-3-5-7-20)23(27)25-19-10-12-26(13-11-19)15-18-8-9-22(28-2)21(24)14-18/h3-9,14,17,19H,10-13,15-16H2,1-2H3,(H,25,27). The molecule has 6 heteroatoms. The first-order valence-electron chi connectivity index (χ1n) is 10.1. The predicted octanol–water partition coefficient (Wildman–Crippen LogP) is 4.34. The Labute approximate surface area is 176 Å². The molecule has 1 fully saturated rings. The summed E-state index contributed by atoms with van der Waals surface area (Å²) < 4.78 is 18.8. The fourth-order valence-corrected chi connectivity index (χ4v) is 4.40. The van der Waals surface area contributed by atoms with Gasteiger partial charge >= 0.3 is 0 Å². The summed E-state index contributed by atoms with van der Waals surface area (Å²) in [5.74, 6) is 0.825. The summed E-state index contributed by atoms with van der Waals surface area (Å²) in [7, 11) is 1.47. The fraction of sp³-hybridized carbons (Fsp3) is 0.435. The topological polar surface area (TPSA) is 41.6 Å². The first-order chi connectivity index (χ1) is 14.0. The zero-order valence-electron chi connectivity index (χ0n) is 17.1. The summed E-state index contributed by atoms with van der Waals surface area (Å²) >= 11 is 1.72. The molecule has 1 saturated heterocycles. The lowest BCUT2D eigenvalue weighted by atomic mass is 10.0. The average molecular weight is 417 g/mol. The van der Waals surface area contributed by atoms with E-state index < -0.39 is 0 Å². The Morgan fingerprint density at radius 3 is 2.62 bits per heavy atom. The molecule has 156 valence electrons. The minimum atomic E-state index is -0.325. The summed E-state index contributed by atoms with van der Waals surface area (Å²) in [5, 5.41) is 3.21. The largest absolute Gasteiger partial charge is 0.494 e. The van der Waals surface area contributed by atoms with Crippen LogP contribution >= 0.6 is 11.8 Å². The van der Waals surface area contributed by atoms with E-state index in [0.717, 1.165) is 37.2 Å². The maximum Gasteiger partial charge on any atom is 0.223 e. The van der Waals surface area contributed by atoms with Crippen molar-refractivity contribution in [3.63, 3.8) is 0 Å². The van der Waals surface area contributed by atoms with Crippen LogP contribution in [0.25, 0.3) is 0 Å². The molecule has 2 aromatic carbocycles.